The summed E-state index contributed by atoms with van der Waals surface area (Å²) in [6, 6.07) is 11.9. The van der Waals surface area contributed by atoms with E-state index in [2.05, 4.69) is 4.74 Å². The first kappa shape index (κ1) is 20.3. The molecule has 2 aromatic carbocycles. The van der Waals surface area contributed by atoms with Crippen molar-refractivity contribution in [3.05, 3.63) is 59.7 Å². The lowest BCUT2D eigenvalue weighted by Crippen LogP contribution is -2.48. The molecule has 30 heavy (non-hydrogen) atoms. The van der Waals surface area contributed by atoms with Crippen molar-refractivity contribution in [2.75, 3.05) is 11.5 Å². The van der Waals surface area contributed by atoms with Crippen molar-refractivity contribution in [1.82, 2.24) is 0 Å². The number of fused-ring (bicyclic) bond motifs is 1. The number of carbonyl (C=O) groups is 2. The van der Waals surface area contributed by atoms with Gasteiger partial charge in [0, 0.05) is 12.1 Å². The third-order valence-corrected chi connectivity index (χ3v) is 5.55. The Balaban J connectivity index is 1.64. The second kappa shape index (κ2) is 7.34. The monoisotopic (exact) mass is 419 g/mol. The maximum absolute atomic E-state index is 13.6. The average molecular weight is 419 g/mol. The number of hydrogen-bond donors (Lipinski definition) is 0. The maximum atomic E-state index is 13.6. The smallest absolute Gasteiger partial charge is 0.464 e. The highest BCUT2D eigenvalue weighted by atomic mass is 19.4. The highest BCUT2D eigenvalue weighted by Gasteiger charge is 2.56. The summed E-state index contributed by atoms with van der Waals surface area (Å²) in [6.07, 6.45) is -3.30. The number of esters is 1. The predicted octanol–water partition coefficient (Wildman–Crippen LogP) is 4.14. The van der Waals surface area contributed by atoms with Gasteiger partial charge in [-0.2, -0.15) is 0 Å². The van der Waals surface area contributed by atoms with Crippen molar-refractivity contribution in [2.45, 2.75) is 44.0 Å². The van der Waals surface area contributed by atoms with Gasteiger partial charge in [0.1, 0.15) is 11.8 Å². The summed E-state index contributed by atoms with van der Waals surface area (Å²) in [5, 5.41) is 0. The number of benzene rings is 2. The van der Waals surface area contributed by atoms with Crippen LogP contribution in [0.15, 0.2) is 48.5 Å². The second-order valence-electron chi connectivity index (χ2n) is 7.43. The molecular formula is C22H20F3NO4. The first-order chi connectivity index (χ1) is 14.2. The van der Waals surface area contributed by atoms with Gasteiger partial charge in [0.25, 0.3) is 0 Å². The molecule has 2 aliphatic rings. The molecule has 0 bridgehead atoms. The minimum Gasteiger partial charge on any atom is -0.464 e. The quantitative estimate of drug-likeness (QED) is 0.684. The van der Waals surface area contributed by atoms with E-state index in [0.29, 0.717) is 30.5 Å². The number of ether oxygens (including phenoxy) is 2. The molecule has 1 fully saturated rings. The number of rotatable bonds is 5. The molecule has 0 aromatic heterocycles. The number of para-hydroxylation sites is 1. The topological polar surface area (TPSA) is 55.8 Å². The third kappa shape index (κ3) is 3.62. The van der Waals surface area contributed by atoms with Gasteiger partial charge in [-0.05, 0) is 49.1 Å². The summed E-state index contributed by atoms with van der Waals surface area (Å²) in [5.41, 5.74) is 1.30. The van der Waals surface area contributed by atoms with Gasteiger partial charge < -0.3 is 9.47 Å². The SMILES string of the molecule is CCOC(=O)C1Cc2ccccc2N1C(=O)C1(c2ccc(OC(F)(F)F)cc2)CC1. The maximum Gasteiger partial charge on any atom is 0.573 e. The van der Waals surface area contributed by atoms with Crippen LogP contribution in [0.1, 0.15) is 30.9 Å². The molecule has 1 aliphatic heterocycles. The van der Waals surface area contributed by atoms with Crippen LogP contribution in [0.4, 0.5) is 18.9 Å². The molecule has 1 unspecified atom stereocenters. The van der Waals surface area contributed by atoms with E-state index in [9.17, 15) is 22.8 Å². The summed E-state index contributed by atoms with van der Waals surface area (Å²) in [5.74, 6) is -1.05. The van der Waals surface area contributed by atoms with Gasteiger partial charge in [-0.3, -0.25) is 9.69 Å². The fourth-order valence-corrected chi connectivity index (χ4v) is 4.02. The molecule has 0 saturated heterocycles. The van der Waals surface area contributed by atoms with Crippen LogP contribution < -0.4 is 9.64 Å². The number of alkyl halides is 3. The molecular weight excluding hydrogens is 399 g/mol. The molecule has 1 saturated carbocycles. The van der Waals surface area contributed by atoms with Gasteiger partial charge in [-0.1, -0.05) is 30.3 Å². The minimum absolute atomic E-state index is 0.208. The van der Waals surface area contributed by atoms with Crippen LogP contribution in [-0.2, 0) is 26.2 Å². The number of halogens is 3. The molecule has 1 aliphatic carbocycles. The fourth-order valence-electron chi connectivity index (χ4n) is 4.02. The molecule has 0 radical (unpaired) electrons. The Bertz CT molecular complexity index is 967. The van der Waals surface area contributed by atoms with E-state index in [1.807, 2.05) is 12.1 Å². The molecule has 2 aromatic rings. The Morgan fingerprint density at radius 3 is 2.37 bits per heavy atom. The van der Waals surface area contributed by atoms with E-state index in [1.165, 1.54) is 29.2 Å². The van der Waals surface area contributed by atoms with Crippen molar-refractivity contribution < 1.29 is 32.2 Å². The van der Waals surface area contributed by atoms with Gasteiger partial charge in [0.15, 0.2) is 0 Å². The molecule has 1 amide bonds. The van der Waals surface area contributed by atoms with Gasteiger partial charge in [0.2, 0.25) is 5.91 Å². The van der Waals surface area contributed by atoms with E-state index in [0.717, 1.165) is 5.56 Å². The van der Waals surface area contributed by atoms with Crippen molar-refractivity contribution >= 4 is 17.6 Å². The lowest BCUT2D eigenvalue weighted by atomic mass is 9.93. The van der Waals surface area contributed by atoms with Crippen LogP contribution in [-0.4, -0.2) is 30.9 Å². The van der Waals surface area contributed by atoms with Crippen LogP contribution in [0.3, 0.4) is 0 Å². The van der Waals surface area contributed by atoms with Crippen LogP contribution >= 0.6 is 0 Å². The number of hydrogen-bond acceptors (Lipinski definition) is 4. The zero-order valence-corrected chi connectivity index (χ0v) is 16.2. The summed E-state index contributed by atoms with van der Waals surface area (Å²) >= 11 is 0. The minimum atomic E-state index is -4.78. The van der Waals surface area contributed by atoms with Gasteiger partial charge >= 0.3 is 12.3 Å². The van der Waals surface area contributed by atoms with Crippen LogP contribution in [0, 0.1) is 0 Å². The van der Waals surface area contributed by atoms with E-state index in [-0.39, 0.29) is 18.3 Å². The van der Waals surface area contributed by atoms with Crippen LogP contribution in [0.2, 0.25) is 0 Å². The van der Waals surface area contributed by atoms with Gasteiger partial charge in [-0.15, -0.1) is 13.2 Å². The molecule has 1 heterocycles. The summed E-state index contributed by atoms with van der Waals surface area (Å²) in [4.78, 5) is 27.7. The summed E-state index contributed by atoms with van der Waals surface area (Å²) < 4.78 is 46.3. The molecule has 158 valence electrons. The predicted molar refractivity (Wildman–Crippen MR) is 102 cm³/mol. The zero-order valence-electron chi connectivity index (χ0n) is 16.2. The first-order valence-corrected chi connectivity index (χ1v) is 9.70. The van der Waals surface area contributed by atoms with Gasteiger partial charge in [-0.25, -0.2) is 4.79 Å². The average Bonchev–Trinajstić information content (AvgIpc) is 3.41. The highest BCUT2D eigenvalue weighted by Crippen LogP contribution is 2.52. The number of nitrogens with zero attached hydrogens (tertiary/aromatic N) is 1. The molecule has 4 rings (SSSR count). The van der Waals surface area contributed by atoms with Crippen LogP contribution in [0.5, 0.6) is 5.75 Å². The zero-order chi connectivity index (χ0) is 21.5. The van der Waals surface area contributed by atoms with Crippen molar-refractivity contribution in [3.8, 4) is 5.75 Å². The number of carbonyl (C=O) groups excluding carboxylic acids is 2. The molecule has 0 spiro atoms. The lowest BCUT2D eigenvalue weighted by molar-refractivity contribution is -0.274. The second-order valence-corrected chi connectivity index (χ2v) is 7.43. The summed E-state index contributed by atoms with van der Waals surface area (Å²) in [7, 11) is 0. The molecule has 5 nitrogen and oxygen atoms in total. The van der Waals surface area contributed by atoms with Crippen molar-refractivity contribution in [2.24, 2.45) is 0 Å². The Kier molecular flexibility index (Phi) is 4.95. The number of amides is 1. The Morgan fingerprint density at radius 1 is 1.10 bits per heavy atom. The van der Waals surface area contributed by atoms with Crippen LogP contribution in [0.25, 0.3) is 0 Å². The largest absolute Gasteiger partial charge is 0.573 e. The fraction of sp³-hybridized carbons (Fsp3) is 0.364. The normalized spacial score (nSPS) is 19.2. The van der Waals surface area contributed by atoms with Crippen molar-refractivity contribution in [3.63, 3.8) is 0 Å². The number of anilines is 1. The Hall–Kier alpha value is -3.03. The van der Waals surface area contributed by atoms with E-state index in [1.54, 1.807) is 19.1 Å². The van der Waals surface area contributed by atoms with E-state index in [4.69, 9.17) is 4.74 Å². The van der Waals surface area contributed by atoms with E-state index < -0.39 is 23.8 Å². The van der Waals surface area contributed by atoms with Crippen molar-refractivity contribution in [1.29, 1.82) is 0 Å². The standard InChI is InChI=1S/C22H20F3NO4/c1-2-29-19(27)18-13-14-5-3-4-6-17(14)26(18)20(28)21(11-12-21)15-7-9-16(10-8-15)30-22(23,24)25/h3-10,18H,2,11-13H2,1H3. The molecule has 1 atom stereocenters. The van der Waals surface area contributed by atoms with Gasteiger partial charge in [0.05, 0.1) is 12.0 Å². The highest BCUT2D eigenvalue weighted by molar-refractivity contribution is 6.08. The molecule has 8 heteroatoms. The first-order valence-electron chi connectivity index (χ1n) is 9.70. The third-order valence-electron chi connectivity index (χ3n) is 5.55. The Morgan fingerprint density at radius 2 is 1.77 bits per heavy atom. The van der Waals surface area contributed by atoms with E-state index >= 15 is 0 Å². The molecule has 0 N–H and O–H groups in total. The Labute approximate surface area is 171 Å². The summed E-state index contributed by atoms with van der Waals surface area (Å²) in [6.45, 7) is 1.92. The lowest BCUT2D eigenvalue weighted by Gasteiger charge is -2.28.